The van der Waals surface area contributed by atoms with Crippen LogP contribution in [0.4, 0.5) is 11.4 Å². The van der Waals surface area contributed by atoms with Gasteiger partial charge in [-0.05, 0) is 45.0 Å². The lowest BCUT2D eigenvalue weighted by Crippen LogP contribution is -2.41. The molecule has 0 bridgehead atoms. The number of para-hydroxylation sites is 2. The zero-order chi connectivity index (χ0) is 24.6. The van der Waals surface area contributed by atoms with Crippen LogP contribution >= 0.6 is 0 Å². The molecule has 2 aromatic heterocycles. The van der Waals surface area contributed by atoms with Crippen molar-refractivity contribution in [1.29, 1.82) is 0 Å². The van der Waals surface area contributed by atoms with Gasteiger partial charge in [-0.2, -0.15) is 9.40 Å². The van der Waals surface area contributed by atoms with E-state index in [9.17, 15) is 18.0 Å². The number of aryl methyl sites for hydroxylation is 1. The molecule has 0 radical (unpaired) electrons. The average molecular weight is 486 g/mol. The van der Waals surface area contributed by atoms with Crippen LogP contribution in [0, 0.1) is 13.8 Å². The van der Waals surface area contributed by atoms with Crippen molar-refractivity contribution in [3.63, 3.8) is 0 Å². The standard InChI is InChI=1S/C23H27N5O5S/c1-15-12-21(29)24-19-9-5-6-10-20(19)28(15)22(30)14-27-17(3)23(16(2)25-27)34(31,32)26(4)13-18-8-7-11-33-18/h5-11,15H,12-14H2,1-4H3,(H,24,29). The quantitative estimate of drug-likeness (QED) is 0.574. The number of amides is 2. The van der Waals surface area contributed by atoms with Crippen molar-refractivity contribution in [1.82, 2.24) is 14.1 Å². The first-order valence-corrected chi connectivity index (χ1v) is 12.3. The predicted octanol–water partition coefficient (Wildman–Crippen LogP) is 2.68. The Morgan fingerprint density at radius 1 is 1.24 bits per heavy atom. The Hall–Kier alpha value is -3.44. The zero-order valence-corrected chi connectivity index (χ0v) is 20.3. The van der Waals surface area contributed by atoms with Crippen molar-refractivity contribution >= 4 is 33.2 Å². The maximum Gasteiger partial charge on any atom is 0.249 e. The number of carbonyl (C=O) groups excluding carboxylic acids is 2. The van der Waals surface area contributed by atoms with Gasteiger partial charge in [0.05, 0.1) is 35.6 Å². The lowest BCUT2D eigenvalue weighted by atomic mass is 10.1. The number of sulfonamides is 1. The molecule has 1 unspecified atom stereocenters. The van der Waals surface area contributed by atoms with E-state index < -0.39 is 10.0 Å². The highest BCUT2D eigenvalue weighted by molar-refractivity contribution is 7.89. The second kappa shape index (κ2) is 9.07. The van der Waals surface area contributed by atoms with E-state index in [-0.39, 0.29) is 42.3 Å². The fourth-order valence-electron chi connectivity index (χ4n) is 4.24. The van der Waals surface area contributed by atoms with Crippen molar-refractivity contribution in [3.05, 3.63) is 59.8 Å². The Morgan fingerprint density at radius 2 is 1.97 bits per heavy atom. The van der Waals surface area contributed by atoms with E-state index in [1.807, 2.05) is 0 Å². The van der Waals surface area contributed by atoms with Crippen molar-refractivity contribution in [3.8, 4) is 0 Å². The van der Waals surface area contributed by atoms with E-state index in [1.54, 1.807) is 62.1 Å². The maximum absolute atomic E-state index is 13.4. The summed E-state index contributed by atoms with van der Waals surface area (Å²) in [5, 5.41) is 7.20. The van der Waals surface area contributed by atoms with Crippen LogP contribution in [-0.2, 0) is 32.7 Å². The van der Waals surface area contributed by atoms with E-state index in [0.29, 0.717) is 28.5 Å². The second-order valence-corrected chi connectivity index (χ2v) is 10.4. The Kier molecular flexibility index (Phi) is 6.32. The summed E-state index contributed by atoms with van der Waals surface area (Å²) in [6.45, 7) is 4.94. The smallest absolute Gasteiger partial charge is 0.249 e. The fourth-order valence-corrected chi connectivity index (χ4v) is 5.74. The number of fused-ring (bicyclic) bond motifs is 1. The van der Waals surface area contributed by atoms with E-state index in [0.717, 1.165) is 0 Å². The molecule has 0 saturated carbocycles. The number of nitrogens with one attached hydrogen (secondary N) is 1. The van der Waals surface area contributed by atoms with Crippen molar-refractivity contribution in [2.75, 3.05) is 17.3 Å². The Balaban J connectivity index is 1.63. The Bertz CT molecular complexity index is 1330. The van der Waals surface area contributed by atoms with Gasteiger partial charge in [0.1, 0.15) is 17.2 Å². The molecule has 34 heavy (non-hydrogen) atoms. The van der Waals surface area contributed by atoms with Crippen molar-refractivity contribution in [2.24, 2.45) is 0 Å². The minimum Gasteiger partial charge on any atom is -0.468 e. The summed E-state index contributed by atoms with van der Waals surface area (Å²) in [6, 6.07) is 10.1. The van der Waals surface area contributed by atoms with Gasteiger partial charge in [0.2, 0.25) is 21.8 Å². The number of rotatable bonds is 6. The number of nitrogens with zero attached hydrogens (tertiary/aromatic N) is 4. The molecule has 10 nitrogen and oxygen atoms in total. The molecule has 1 aliphatic rings. The molecule has 1 aliphatic heterocycles. The van der Waals surface area contributed by atoms with E-state index in [2.05, 4.69) is 10.4 Å². The second-order valence-electron chi connectivity index (χ2n) is 8.38. The Labute approximate surface area is 198 Å². The molecule has 0 saturated heterocycles. The topological polar surface area (TPSA) is 118 Å². The third-order valence-corrected chi connectivity index (χ3v) is 7.91. The normalized spacial score (nSPS) is 16.3. The van der Waals surface area contributed by atoms with Gasteiger partial charge in [-0.25, -0.2) is 8.42 Å². The first-order valence-electron chi connectivity index (χ1n) is 10.8. The lowest BCUT2D eigenvalue weighted by molar-refractivity contribution is -0.120. The molecule has 1 aromatic carbocycles. The molecule has 2 amide bonds. The van der Waals surface area contributed by atoms with Gasteiger partial charge in [-0.1, -0.05) is 12.1 Å². The number of benzene rings is 1. The fraction of sp³-hybridized carbons (Fsp3) is 0.348. The molecule has 0 spiro atoms. The SMILES string of the molecule is Cc1nn(CC(=O)N2c3ccccc3NC(=O)CC2C)c(C)c1S(=O)(=O)N(C)Cc1ccco1. The van der Waals surface area contributed by atoms with Gasteiger partial charge in [-0.15, -0.1) is 0 Å². The first-order chi connectivity index (χ1) is 16.1. The molecular weight excluding hydrogens is 458 g/mol. The predicted molar refractivity (Wildman–Crippen MR) is 126 cm³/mol. The van der Waals surface area contributed by atoms with Crippen LogP contribution in [0.25, 0.3) is 0 Å². The number of furan rings is 1. The van der Waals surface area contributed by atoms with Crippen molar-refractivity contribution < 1.29 is 22.4 Å². The number of hydrogen-bond acceptors (Lipinski definition) is 6. The third-order valence-electron chi connectivity index (χ3n) is 5.85. The summed E-state index contributed by atoms with van der Waals surface area (Å²) in [4.78, 5) is 27.3. The van der Waals surface area contributed by atoms with Gasteiger partial charge < -0.3 is 14.6 Å². The highest BCUT2D eigenvalue weighted by Gasteiger charge is 2.33. The first kappa shape index (κ1) is 23.7. The van der Waals surface area contributed by atoms with E-state index >= 15 is 0 Å². The van der Waals surface area contributed by atoms with Crippen LogP contribution in [0.3, 0.4) is 0 Å². The molecule has 4 rings (SSSR count). The summed E-state index contributed by atoms with van der Waals surface area (Å²) in [6.07, 6.45) is 1.63. The van der Waals surface area contributed by atoms with Crippen LogP contribution in [0.2, 0.25) is 0 Å². The minimum atomic E-state index is -3.88. The summed E-state index contributed by atoms with van der Waals surface area (Å²) in [5.74, 6) is 0.0465. The number of hydrogen-bond donors (Lipinski definition) is 1. The summed E-state index contributed by atoms with van der Waals surface area (Å²) < 4.78 is 34.4. The summed E-state index contributed by atoms with van der Waals surface area (Å²) >= 11 is 0. The molecule has 0 aliphatic carbocycles. The minimum absolute atomic E-state index is 0.0653. The van der Waals surface area contributed by atoms with Crippen LogP contribution in [-0.4, -0.2) is 47.4 Å². The summed E-state index contributed by atoms with van der Waals surface area (Å²) in [5.41, 5.74) is 1.82. The van der Waals surface area contributed by atoms with Gasteiger partial charge >= 0.3 is 0 Å². The van der Waals surface area contributed by atoms with Crippen molar-refractivity contribution in [2.45, 2.75) is 51.2 Å². The van der Waals surface area contributed by atoms with Gasteiger partial charge in [-0.3, -0.25) is 14.3 Å². The van der Waals surface area contributed by atoms with Gasteiger partial charge in [0, 0.05) is 19.5 Å². The highest BCUT2D eigenvalue weighted by atomic mass is 32.2. The molecule has 3 aromatic rings. The highest BCUT2D eigenvalue weighted by Crippen LogP contribution is 2.32. The van der Waals surface area contributed by atoms with Gasteiger partial charge in [0.15, 0.2) is 0 Å². The molecule has 1 N–H and O–H groups in total. The largest absolute Gasteiger partial charge is 0.468 e. The molecule has 3 heterocycles. The Morgan fingerprint density at radius 3 is 2.68 bits per heavy atom. The zero-order valence-electron chi connectivity index (χ0n) is 19.5. The molecule has 1 atom stereocenters. The maximum atomic E-state index is 13.4. The van der Waals surface area contributed by atoms with Crippen LogP contribution in [0.5, 0.6) is 0 Å². The number of aromatic nitrogens is 2. The summed E-state index contributed by atoms with van der Waals surface area (Å²) in [7, 11) is -2.41. The molecule has 0 fully saturated rings. The number of anilines is 2. The van der Waals surface area contributed by atoms with Crippen LogP contribution in [0.1, 0.15) is 30.5 Å². The lowest BCUT2D eigenvalue weighted by Gasteiger charge is -2.28. The van der Waals surface area contributed by atoms with Crippen LogP contribution in [0.15, 0.2) is 52.0 Å². The molecule has 11 heteroatoms. The van der Waals surface area contributed by atoms with E-state index in [1.165, 1.54) is 22.3 Å². The van der Waals surface area contributed by atoms with Crippen LogP contribution < -0.4 is 10.2 Å². The molecular formula is C23H27N5O5S. The third kappa shape index (κ3) is 4.36. The van der Waals surface area contributed by atoms with E-state index in [4.69, 9.17) is 4.42 Å². The monoisotopic (exact) mass is 485 g/mol. The van der Waals surface area contributed by atoms with Gasteiger partial charge in [0.25, 0.3) is 0 Å². The average Bonchev–Trinajstić information content (AvgIpc) is 3.33. The molecule has 180 valence electrons. The number of carbonyl (C=O) groups is 2.